The second-order valence-electron chi connectivity index (χ2n) is 3.26. The highest BCUT2D eigenvalue weighted by Crippen LogP contribution is 2.00. The summed E-state index contributed by atoms with van der Waals surface area (Å²) in [7, 11) is 0. The second kappa shape index (κ2) is 4.66. The zero-order chi connectivity index (χ0) is 9.68. The van der Waals surface area contributed by atoms with E-state index in [0.29, 0.717) is 0 Å². The average Bonchev–Trinajstić information content (AvgIpc) is 2.62. The molecule has 13 heavy (non-hydrogen) atoms. The van der Waals surface area contributed by atoms with Crippen LogP contribution in [0.2, 0.25) is 0 Å². The highest BCUT2D eigenvalue weighted by atomic mass is 15.1. The second-order valence-corrected chi connectivity index (χ2v) is 3.26. The van der Waals surface area contributed by atoms with Crippen molar-refractivity contribution in [2.45, 2.75) is 39.3 Å². The van der Waals surface area contributed by atoms with Crippen LogP contribution in [0, 0.1) is 11.3 Å². The van der Waals surface area contributed by atoms with E-state index >= 15 is 0 Å². The van der Waals surface area contributed by atoms with E-state index in [1.807, 2.05) is 30.2 Å². The topological polar surface area (TPSA) is 32.6 Å². The molecule has 0 bridgehead atoms. The zero-order valence-corrected chi connectivity index (χ0v) is 8.27. The van der Waals surface area contributed by atoms with Crippen molar-refractivity contribution in [2.24, 2.45) is 0 Å². The number of aromatic nitrogens is 2. The van der Waals surface area contributed by atoms with Gasteiger partial charge < -0.3 is 0 Å². The summed E-state index contributed by atoms with van der Waals surface area (Å²) in [4.78, 5) is 0. The normalized spacial score (nSPS) is 12.4. The molecule has 1 heterocycles. The number of aryl methyl sites for hydroxylation is 1. The Bertz CT molecular complexity index is 295. The first kappa shape index (κ1) is 9.79. The number of nitriles is 1. The lowest BCUT2D eigenvalue weighted by Gasteiger charge is -1.95. The van der Waals surface area contributed by atoms with Gasteiger partial charge in [-0.05, 0) is 13.3 Å². The Hall–Kier alpha value is -1.30. The molecular weight excluding hydrogens is 162 g/mol. The number of hydrogen-bond donors (Lipinski definition) is 0. The summed E-state index contributed by atoms with van der Waals surface area (Å²) in [6, 6.07) is 2.13. The summed E-state index contributed by atoms with van der Waals surface area (Å²) in [5.41, 5.74) is 0. The minimum atomic E-state index is -0.0668. The predicted molar refractivity (Wildman–Crippen MR) is 49.9 cm³/mol. The van der Waals surface area contributed by atoms with Gasteiger partial charge in [0.15, 0.2) is 6.04 Å². The molecule has 0 saturated carbocycles. The molecule has 0 N–H and O–H groups in total. The molecule has 1 atom stereocenters. The fraction of sp³-hybridized carbons (Fsp3) is 0.600. The Kier molecular flexibility index (Phi) is 3.51. The van der Waals surface area contributed by atoms with Gasteiger partial charge in [0.05, 0.1) is 6.54 Å². The third-order valence-corrected chi connectivity index (χ3v) is 2.12. The molecule has 0 fully saturated rings. The predicted octanol–water partition coefficient (Wildman–Crippen LogP) is 1.66. The van der Waals surface area contributed by atoms with Crippen LogP contribution in [0.15, 0.2) is 18.7 Å². The first-order chi connectivity index (χ1) is 6.27. The molecular formula is C10H16N3+. The van der Waals surface area contributed by atoms with Gasteiger partial charge in [-0.25, -0.2) is 9.13 Å². The van der Waals surface area contributed by atoms with Crippen LogP contribution in [-0.2, 0) is 6.54 Å². The van der Waals surface area contributed by atoms with Crippen LogP contribution in [-0.4, -0.2) is 4.57 Å². The number of imidazole rings is 1. The number of rotatable bonds is 4. The van der Waals surface area contributed by atoms with Gasteiger partial charge in [-0.3, -0.25) is 0 Å². The Morgan fingerprint density at radius 1 is 1.62 bits per heavy atom. The van der Waals surface area contributed by atoms with Crippen LogP contribution < -0.4 is 4.57 Å². The van der Waals surface area contributed by atoms with E-state index in [4.69, 9.17) is 5.26 Å². The molecule has 0 amide bonds. The van der Waals surface area contributed by atoms with E-state index in [9.17, 15) is 0 Å². The minimum absolute atomic E-state index is 0.0668. The van der Waals surface area contributed by atoms with Crippen molar-refractivity contribution in [3.63, 3.8) is 0 Å². The summed E-state index contributed by atoms with van der Waals surface area (Å²) >= 11 is 0. The summed E-state index contributed by atoms with van der Waals surface area (Å²) in [5.74, 6) is 0. The first-order valence-corrected chi connectivity index (χ1v) is 4.74. The molecule has 1 aromatic heterocycles. The maximum atomic E-state index is 8.69. The molecule has 0 radical (unpaired) electrons. The quantitative estimate of drug-likeness (QED) is 0.645. The molecule has 1 unspecified atom stereocenters. The molecule has 1 rings (SSSR count). The molecule has 0 aliphatic heterocycles. The van der Waals surface area contributed by atoms with Gasteiger partial charge in [-0.2, -0.15) is 5.26 Å². The van der Waals surface area contributed by atoms with E-state index in [0.717, 1.165) is 6.54 Å². The van der Waals surface area contributed by atoms with Crippen molar-refractivity contribution in [3.8, 4) is 6.07 Å². The molecule has 3 nitrogen and oxygen atoms in total. The monoisotopic (exact) mass is 178 g/mol. The van der Waals surface area contributed by atoms with Gasteiger partial charge in [0.1, 0.15) is 18.5 Å². The van der Waals surface area contributed by atoms with Crippen LogP contribution in [0.3, 0.4) is 0 Å². The average molecular weight is 178 g/mol. The van der Waals surface area contributed by atoms with Crippen molar-refractivity contribution >= 4 is 0 Å². The van der Waals surface area contributed by atoms with Gasteiger partial charge >= 0.3 is 0 Å². The molecule has 0 aliphatic carbocycles. The standard InChI is InChI=1S/C10H16N3/c1-3-4-5-12-6-7-13(9-12)10(2)8-11/h6-7,9-10H,3-5H2,1-2H3/q+1. The molecule has 1 aromatic rings. The van der Waals surface area contributed by atoms with Crippen molar-refractivity contribution in [1.82, 2.24) is 4.57 Å². The van der Waals surface area contributed by atoms with E-state index in [-0.39, 0.29) is 6.04 Å². The van der Waals surface area contributed by atoms with Gasteiger partial charge in [0.25, 0.3) is 0 Å². The molecule has 0 spiro atoms. The van der Waals surface area contributed by atoms with E-state index in [1.165, 1.54) is 12.8 Å². The third kappa shape index (κ3) is 2.59. The van der Waals surface area contributed by atoms with Crippen LogP contribution in [0.4, 0.5) is 0 Å². The molecule has 0 aromatic carbocycles. The Balaban J connectivity index is 2.59. The summed E-state index contributed by atoms with van der Waals surface area (Å²) in [6.07, 6.45) is 8.35. The number of unbranched alkanes of at least 4 members (excludes halogenated alkanes) is 1. The van der Waals surface area contributed by atoms with Crippen LogP contribution in [0.5, 0.6) is 0 Å². The summed E-state index contributed by atoms with van der Waals surface area (Å²) < 4.78 is 4.05. The molecule has 0 saturated heterocycles. The lowest BCUT2D eigenvalue weighted by atomic mass is 10.3. The van der Waals surface area contributed by atoms with Gasteiger partial charge in [0.2, 0.25) is 6.33 Å². The maximum Gasteiger partial charge on any atom is 0.244 e. The highest BCUT2D eigenvalue weighted by molar-refractivity contribution is 4.87. The zero-order valence-electron chi connectivity index (χ0n) is 8.27. The van der Waals surface area contributed by atoms with Crippen LogP contribution in [0.25, 0.3) is 0 Å². The van der Waals surface area contributed by atoms with Crippen molar-refractivity contribution < 1.29 is 4.57 Å². The molecule has 3 heteroatoms. The molecule has 70 valence electrons. The van der Waals surface area contributed by atoms with Crippen LogP contribution in [0.1, 0.15) is 32.7 Å². The van der Waals surface area contributed by atoms with Gasteiger partial charge in [-0.15, -0.1) is 0 Å². The third-order valence-electron chi connectivity index (χ3n) is 2.12. The van der Waals surface area contributed by atoms with Crippen LogP contribution >= 0.6 is 0 Å². The maximum absolute atomic E-state index is 8.69. The van der Waals surface area contributed by atoms with E-state index < -0.39 is 0 Å². The van der Waals surface area contributed by atoms with Crippen molar-refractivity contribution in [2.75, 3.05) is 0 Å². The Morgan fingerprint density at radius 2 is 2.38 bits per heavy atom. The van der Waals surface area contributed by atoms with Crippen molar-refractivity contribution in [3.05, 3.63) is 18.7 Å². The lowest BCUT2D eigenvalue weighted by Crippen LogP contribution is -2.30. The number of nitrogens with zero attached hydrogens (tertiary/aromatic N) is 3. The van der Waals surface area contributed by atoms with Gasteiger partial charge in [-0.1, -0.05) is 13.3 Å². The smallest absolute Gasteiger partial charge is 0.237 e. The lowest BCUT2D eigenvalue weighted by molar-refractivity contribution is -0.696. The summed E-state index contributed by atoms with van der Waals surface area (Å²) in [5, 5.41) is 8.69. The highest BCUT2D eigenvalue weighted by Gasteiger charge is 2.09. The van der Waals surface area contributed by atoms with Crippen molar-refractivity contribution in [1.29, 1.82) is 5.26 Å². The fourth-order valence-electron chi connectivity index (χ4n) is 1.18. The van der Waals surface area contributed by atoms with Gasteiger partial charge in [0, 0.05) is 0 Å². The Labute approximate surface area is 79.2 Å². The Morgan fingerprint density at radius 3 is 3.00 bits per heavy atom. The van der Waals surface area contributed by atoms with E-state index in [1.54, 1.807) is 0 Å². The minimum Gasteiger partial charge on any atom is -0.237 e. The first-order valence-electron chi connectivity index (χ1n) is 4.74. The molecule has 0 aliphatic rings. The largest absolute Gasteiger partial charge is 0.244 e. The SMILES string of the molecule is CCCC[n+]1ccn(C(C)C#N)c1. The van der Waals surface area contributed by atoms with E-state index in [2.05, 4.69) is 17.6 Å². The number of hydrogen-bond acceptors (Lipinski definition) is 1. The fourth-order valence-corrected chi connectivity index (χ4v) is 1.18. The summed E-state index contributed by atoms with van der Waals surface area (Å²) in [6.45, 7) is 5.11.